The molecule has 0 bridgehead atoms. The molecule has 9 heteroatoms. The highest BCUT2D eigenvalue weighted by atomic mass is 19.4. The van der Waals surface area contributed by atoms with E-state index in [4.69, 9.17) is 9.47 Å². The molecule has 0 aliphatic carbocycles. The Hall–Kier alpha value is -2.29. The number of likely N-dealkylation sites (tertiary alicyclic amines) is 2. The first kappa shape index (κ1) is 21.9. The van der Waals surface area contributed by atoms with E-state index in [1.54, 1.807) is 21.9 Å². The second-order valence-corrected chi connectivity index (χ2v) is 9.15. The minimum atomic E-state index is -4.47. The monoisotopic (exact) mass is 440 g/mol. The van der Waals surface area contributed by atoms with Crippen molar-refractivity contribution in [3.63, 3.8) is 0 Å². The van der Waals surface area contributed by atoms with E-state index in [1.807, 2.05) is 0 Å². The maximum Gasteiger partial charge on any atom is 0.427 e. The van der Waals surface area contributed by atoms with Gasteiger partial charge in [-0.2, -0.15) is 13.2 Å². The topological polar surface area (TPSA) is 59.1 Å². The lowest BCUT2D eigenvalue weighted by Crippen LogP contribution is -2.58. The van der Waals surface area contributed by atoms with Gasteiger partial charge in [-0.15, -0.1) is 0 Å². The molecule has 2 atom stereocenters. The van der Waals surface area contributed by atoms with Gasteiger partial charge >= 0.3 is 12.2 Å². The second-order valence-electron chi connectivity index (χ2n) is 9.15. The van der Waals surface area contributed by atoms with Crippen LogP contribution in [0.3, 0.4) is 0 Å². The lowest BCUT2D eigenvalue weighted by Gasteiger charge is -2.46. The molecule has 0 spiro atoms. The van der Waals surface area contributed by atoms with Crippen LogP contribution >= 0.6 is 0 Å². The number of ketones is 1. The van der Waals surface area contributed by atoms with Crippen LogP contribution in [0.5, 0.6) is 5.75 Å². The number of rotatable bonds is 3. The molecule has 0 radical (unpaired) electrons. The van der Waals surface area contributed by atoms with Gasteiger partial charge in [0, 0.05) is 44.4 Å². The predicted octanol–water partition coefficient (Wildman–Crippen LogP) is 3.61. The molecular formula is C22H27F3N2O4. The summed E-state index contributed by atoms with van der Waals surface area (Å²) >= 11 is 0. The molecule has 0 aromatic heterocycles. The van der Waals surface area contributed by atoms with Gasteiger partial charge in [0.15, 0.2) is 11.4 Å². The summed E-state index contributed by atoms with van der Waals surface area (Å²) < 4.78 is 49.6. The quantitative estimate of drug-likeness (QED) is 0.721. The Bertz CT molecular complexity index is 834. The molecule has 3 aliphatic heterocycles. The number of fused-ring (bicyclic) bond motifs is 1. The average Bonchev–Trinajstić information content (AvgIpc) is 2.66. The molecule has 2 amide bonds. The average molecular weight is 440 g/mol. The lowest BCUT2D eigenvalue weighted by molar-refractivity contribution is -0.234. The summed E-state index contributed by atoms with van der Waals surface area (Å²) in [5.74, 6) is 0.464. The minimum Gasteiger partial charge on any atom is -0.478 e. The van der Waals surface area contributed by atoms with Crippen LogP contribution in [0.25, 0.3) is 0 Å². The van der Waals surface area contributed by atoms with Gasteiger partial charge in [-0.3, -0.25) is 4.79 Å². The standard InChI is InChI=1S/C22H27F3N2O4/c1-21(2,22(23,24)25)31-18-5-3-14(4-6-18)16-11-27(12-16)20(29)26-8-7-19-15(10-26)9-17(28)13-30-19/h3-6,15-16,19H,7-13H2,1-2H3/t15-,19+/m1/s1. The van der Waals surface area contributed by atoms with E-state index >= 15 is 0 Å². The Morgan fingerprint density at radius 1 is 1.10 bits per heavy atom. The van der Waals surface area contributed by atoms with Crippen molar-refractivity contribution in [1.29, 1.82) is 0 Å². The van der Waals surface area contributed by atoms with Gasteiger partial charge in [-0.05, 0) is 38.0 Å². The van der Waals surface area contributed by atoms with Crippen molar-refractivity contribution in [2.24, 2.45) is 5.92 Å². The first-order valence-electron chi connectivity index (χ1n) is 10.6. The summed E-state index contributed by atoms with van der Waals surface area (Å²) in [7, 11) is 0. The fourth-order valence-electron chi connectivity index (χ4n) is 4.36. The number of benzene rings is 1. The van der Waals surface area contributed by atoms with Gasteiger partial charge in [-0.25, -0.2) is 4.79 Å². The molecule has 0 unspecified atom stereocenters. The number of halogens is 3. The summed E-state index contributed by atoms with van der Waals surface area (Å²) in [5, 5.41) is 0. The Kier molecular flexibility index (Phi) is 5.66. The molecule has 4 rings (SSSR count). The van der Waals surface area contributed by atoms with E-state index in [1.165, 1.54) is 12.1 Å². The van der Waals surface area contributed by atoms with E-state index in [0.717, 1.165) is 25.8 Å². The number of amides is 2. The zero-order valence-electron chi connectivity index (χ0n) is 17.7. The number of ether oxygens (including phenoxy) is 2. The van der Waals surface area contributed by atoms with Gasteiger partial charge in [0.25, 0.3) is 0 Å². The van der Waals surface area contributed by atoms with Crippen LogP contribution in [-0.4, -0.2) is 72.3 Å². The maximum atomic E-state index is 13.0. The van der Waals surface area contributed by atoms with Gasteiger partial charge < -0.3 is 19.3 Å². The number of carbonyl (C=O) groups excluding carboxylic acids is 2. The second kappa shape index (κ2) is 8.00. The van der Waals surface area contributed by atoms with Crippen molar-refractivity contribution in [3.05, 3.63) is 29.8 Å². The molecule has 1 aromatic carbocycles. The van der Waals surface area contributed by atoms with Crippen LogP contribution in [0.1, 0.15) is 38.2 Å². The van der Waals surface area contributed by atoms with Crippen LogP contribution in [0.2, 0.25) is 0 Å². The summed E-state index contributed by atoms with van der Waals surface area (Å²) in [6.07, 6.45) is -3.19. The van der Waals surface area contributed by atoms with Gasteiger partial charge in [-0.1, -0.05) is 12.1 Å². The van der Waals surface area contributed by atoms with Crippen LogP contribution in [-0.2, 0) is 9.53 Å². The Labute approximate surface area is 179 Å². The molecule has 170 valence electrons. The summed E-state index contributed by atoms with van der Waals surface area (Å²) in [4.78, 5) is 28.0. The van der Waals surface area contributed by atoms with E-state index in [2.05, 4.69) is 0 Å². The Morgan fingerprint density at radius 2 is 1.77 bits per heavy atom. The summed E-state index contributed by atoms with van der Waals surface area (Å²) in [6.45, 7) is 4.46. The van der Waals surface area contributed by atoms with Gasteiger partial charge in [0.1, 0.15) is 12.4 Å². The molecule has 3 fully saturated rings. The maximum absolute atomic E-state index is 13.0. The number of alkyl halides is 3. The first-order valence-corrected chi connectivity index (χ1v) is 10.6. The van der Waals surface area contributed by atoms with E-state index in [-0.39, 0.29) is 42.1 Å². The number of nitrogens with zero attached hydrogens (tertiary/aromatic N) is 2. The van der Waals surface area contributed by atoms with Crippen molar-refractivity contribution < 1.29 is 32.2 Å². The Balaban J connectivity index is 1.29. The van der Waals surface area contributed by atoms with Crippen molar-refractivity contribution in [3.8, 4) is 5.75 Å². The summed E-state index contributed by atoms with van der Waals surface area (Å²) in [5.41, 5.74) is -1.30. The zero-order valence-corrected chi connectivity index (χ0v) is 17.7. The molecule has 31 heavy (non-hydrogen) atoms. The van der Waals surface area contributed by atoms with Crippen LogP contribution in [0.4, 0.5) is 18.0 Å². The van der Waals surface area contributed by atoms with Crippen molar-refractivity contribution in [1.82, 2.24) is 9.80 Å². The third-order valence-corrected chi connectivity index (χ3v) is 6.44. The third-order valence-electron chi connectivity index (χ3n) is 6.44. The fourth-order valence-corrected chi connectivity index (χ4v) is 4.36. The first-order chi connectivity index (χ1) is 14.5. The normalized spacial score (nSPS) is 25.1. The molecule has 1 aromatic rings. The SMILES string of the molecule is CC(C)(Oc1ccc(C2CN(C(=O)N3CC[C@@H]4OCC(=O)C[C@@H]4C3)C2)cc1)C(F)(F)F. The number of urea groups is 1. The number of Topliss-reactive ketones (excluding diaryl/α,β-unsaturated/α-hetero) is 1. The molecule has 0 N–H and O–H groups in total. The van der Waals surface area contributed by atoms with Crippen molar-refractivity contribution in [2.45, 2.75) is 50.5 Å². The number of hydrogen-bond acceptors (Lipinski definition) is 4. The molecule has 3 heterocycles. The smallest absolute Gasteiger partial charge is 0.427 e. The molecule has 0 saturated carbocycles. The Morgan fingerprint density at radius 3 is 2.42 bits per heavy atom. The number of hydrogen-bond donors (Lipinski definition) is 0. The number of piperidine rings is 1. The highest BCUT2D eigenvalue weighted by Gasteiger charge is 2.50. The van der Waals surface area contributed by atoms with Gasteiger partial charge in [0.2, 0.25) is 0 Å². The zero-order chi connectivity index (χ0) is 22.4. The molecule has 6 nitrogen and oxygen atoms in total. The molecule has 3 aliphatic rings. The predicted molar refractivity (Wildman–Crippen MR) is 106 cm³/mol. The summed E-state index contributed by atoms with van der Waals surface area (Å²) in [6, 6.07) is 6.56. The minimum absolute atomic E-state index is 0.0281. The van der Waals surface area contributed by atoms with E-state index < -0.39 is 11.8 Å². The largest absolute Gasteiger partial charge is 0.478 e. The van der Waals surface area contributed by atoms with Crippen LogP contribution in [0.15, 0.2) is 24.3 Å². The molecule has 3 saturated heterocycles. The van der Waals surface area contributed by atoms with Crippen molar-refractivity contribution >= 4 is 11.8 Å². The van der Waals surface area contributed by atoms with Crippen LogP contribution < -0.4 is 4.74 Å². The number of carbonyl (C=O) groups is 2. The molecular weight excluding hydrogens is 413 g/mol. The lowest BCUT2D eigenvalue weighted by atomic mass is 9.87. The van der Waals surface area contributed by atoms with E-state index in [9.17, 15) is 22.8 Å². The van der Waals surface area contributed by atoms with Gasteiger partial charge in [0.05, 0.1) is 6.10 Å². The highest BCUT2D eigenvalue weighted by molar-refractivity contribution is 5.81. The van der Waals surface area contributed by atoms with E-state index in [0.29, 0.717) is 32.6 Å². The highest BCUT2D eigenvalue weighted by Crippen LogP contribution is 2.36. The van der Waals surface area contributed by atoms with Crippen molar-refractivity contribution in [2.75, 3.05) is 32.8 Å². The van der Waals surface area contributed by atoms with Crippen LogP contribution in [0, 0.1) is 5.92 Å². The fraction of sp³-hybridized carbons (Fsp3) is 0.636. The third kappa shape index (κ3) is 4.51.